The summed E-state index contributed by atoms with van der Waals surface area (Å²) in [5, 5.41) is 12.1. The standard InChI is InChI=1S/C24H29F3N4O5S/c1-12-17(37-11-29-12)13-5-7-14(8-6-13)18(24(25,26)27)30-20(33)16-9-15(32)10-31(16)21(34)19(23(2,3)4)36-22(28)35/h5-8,11,15-16,18-19,32H,9-10H2,1-4H3,(H2,28,35)(H,30,33)/t15-,16+,18?,19?/m1/s1. The molecule has 202 valence electrons. The molecular weight excluding hydrogens is 513 g/mol. The highest BCUT2D eigenvalue weighted by molar-refractivity contribution is 7.13. The van der Waals surface area contributed by atoms with Gasteiger partial charge >= 0.3 is 12.3 Å². The number of nitrogens with zero attached hydrogens (tertiary/aromatic N) is 2. The molecule has 0 saturated carbocycles. The maximum atomic E-state index is 14.0. The Labute approximate surface area is 215 Å². The van der Waals surface area contributed by atoms with Gasteiger partial charge in [-0.15, -0.1) is 11.3 Å². The van der Waals surface area contributed by atoms with Crippen molar-refractivity contribution in [3.05, 3.63) is 41.0 Å². The lowest BCUT2D eigenvalue weighted by Crippen LogP contribution is -2.54. The average molecular weight is 543 g/mol. The van der Waals surface area contributed by atoms with Crippen LogP contribution >= 0.6 is 11.3 Å². The van der Waals surface area contributed by atoms with Crippen molar-refractivity contribution < 1.29 is 37.4 Å². The fourth-order valence-corrected chi connectivity index (χ4v) is 4.98. The largest absolute Gasteiger partial charge is 0.436 e. The number of nitrogens with one attached hydrogen (secondary N) is 1. The molecule has 4 atom stereocenters. The number of halogens is 3. The van der Waals surface area contributed by atoms with E-state index in [-0.39, 0.29) is 18.5 Å². The van der Waals surface area contributed by atoms with Crippen LogP contribution in [0.15, 0.2) is 29.8 Å². The van der Waals surface area contributed by atoms with Gasteiger partial charge in [-0.2, -0.15) is 13.2 Å². The Morgan fingerprint density at radius 3 is 2.32 bits per heavy atom. The second-order valence-corrected chi connectivity index (χ2v) is 10.8. The molecule has 1 saturated heterocycles. The second kappa shape index (κ2) is 10.7. The van der Waals surface area contributed by atoms with Gasteiger partial charge in [0.15, 0.2) is 12.1 Å². The summed E-state index contributed by atoms with van der Waals surface area (Å²) in [4.78, 5) is 43.5. The minimum Gasteiger partial charge on any atom is -0.436 e. The van der Waals surface area contributed by atoms with Crippen LogP contribution in [0.3, 0.4) is 0 Å². The summed E-state index contributed by atoms with van der Waals surface area (Å²) in [7, 11) is 0. The minimum absolute atomic E-state index is 0.201. The number of primary amides is 1. The van der Waals surface area contributed by atoms with E-state index in [2.05, 4.69) is 4.98 Å². The van der Waals surface area contributed by atoms with Crippen LogP contribution in [0, 0.1) is 12.3 Å². The zero-order valence-electron chi connectivity index (χ0n) is 20.7. The lowest BCUT2D eigenvalue weighted by molar-refractivity contribution is -0.166. The number of carbonyl (C=O) groups excluding carboxylic acids is 3. The molecule has 1 fully saturated rings. The maximum absolute atomic E-state index is 14.0. The summed E-state index contributed by atoms with van der Waals surface area (Å²) in [6, 6.07) is 1.82. The van der Waals surface area contributed by atoms with Gasteiger partial charge in [-0.25, -0.2) is 9.78 Å². The van der Waals surface area contributed by atoms with Crippen LogP contribution in [0.4, 0.5) is 18.0 Å². The zero-order chi connectivity index (χ0) is 27.7. The number of ether oxygens (including phenoxy) is 1. The fraction of sp³-hybridized carbons (Fsp3) is 0.500. The Bertz CT molecular complexity index is 1150. The Hall–Kier alpha value is -3.19. The topological polar surface area (TPSA) is 135 Å². The van der Waals surface area contributed by atoms with E-state index in [0.29, 0.717) is 5.56 Å². The van der Waals surface area contributed by atoms with E-state index in [4.69, 9.17) is 10.5 Å². The van der Waals surface area contributed by atoms with E-state index >= 15 is 0 Å². The smallest absolute Gasteiger partial charge is 0.412 e. The summed E-state index contributed by atoms with van der Waals surface area (Å²) in [5.74, 6) is -1.93. The highest BCUT2D eigenvalue weighted by Crippen LogP contribution is 2.36. The quantitative estimate of drug-likeness (QED) is 0.513. The molecule has 0 aliphatic carbocycles. The number of alkyl halides is 3. The maximum Gasteiger partial charge on any atom is 0.412 e. The van der Waals surface area contributed by atoms with Crippen LogP contribution in [0.25, 0.3) is 10.4 Å². The summed E-state index contributed by atoms with van der Waals surface area (Å²) in [5.41, 5.74) is 7.02. The molecule has 13 heteroatoms. The number of rotatable bonds is 6. The number of likely N-dealkylation sites (tertiary alicyclic amines) is 1. The van der Waals surface area contributed by atoms with Gasteiger partial charge in [-0.05, 0) is 18.1 Å². The van der Waals surface area contributed by atoms with Crippen LogP contribution in [0.1, 0.15) is 44.5 Å². The molecule has 3 rings (SSSR count). The average Bonchev–Trinajstić information content (AvgIpc) is 3.39. The predicted octanol–water partition coefficient (Wildman–Crippen LogP) is 3.31. The first-order chi connectivity index (χ1) is 17.1. The molecule has 2 unspecified atom stereocenters. The number of nitrogens with two attached hydrogens (primary N) is 1. The third-order valence-electron chi connectivity index (χ3n) is 5.98. The van der Waals surface area contributed by atoms with Gasteiger partial charge in [0, 0.05) is 18.4 Å². The van der Waals surface area contributed by atoms with Crippen LogP contribution in [-0.4, -0.2) is 63.9 Å². The van der Waals surface area contributed by atoms with Gasteiger partial charge in [-0.3, -0.25) is 9.59 Å². The van der Waals surface area contributed by atoms with Gasteiger partial charge < -0.3 is 25.8 Å². The molecule has 9 nitrogen and oxygen atoms in total. The molecule has 1 aromatic heterocycles. The SMILES string of the molecule is Cc1ncsc1-c1ccc(C(NC(=O)[C@@H]2C[C@@H](O)CN2C(=O)C(OC(N)=O)C(C)(C)C)C(F)(F)F)cc1. The first-order valence-electron chi connectivity index (χ1n) is 11.4. The molecule has 2 heterocycles. The van der Waals surface area contributed by atoms with Crippen molar-refractivity contribution in [1.29, 1.82) is 0 Å². The number of hydrogen-bond acceptors (Lipinski definition) is 7. The molecule has 3 amide bonds. The molecule has 1 aliphatic heterocycles. The van der Waals surface area contributed by atoms with E-state index < -0.39 is 53.8 Å². The number of amides is 3. The first kappa shape index (κ1) is 28.4. The summed E-state index contributed by atoms with van der Waals surface area (Å²) in [6.45, 7) is 6.26. The molecule has 0 spiro atoms. The van der Waals surface area contributed by atoms with Crippen LogP contribution < -0.4 is 11.1 Å². The van der Waals surface area contributed by atoms with E-state index in [0.717, 1.165) is 15.5 Å². The molecule has 1 aromatic carbocycles. The third kappa shape index (κ3) is 6.58. The van der Waals surface area contributed by atoms with Crippen LogP contribution in [0.5, 0.6) is 0 Å². The molecule has 1 aliphatic rings. The van der Waals surface area contributed by atoms with E-state index in [1.54, 1.807) is 33.2 Å². The van der Waals surface area contributed by atoms with Crippen molar-refractivity contribution in [2.75, 3.05) is 6.54 Å². The minimum atomic E-state index is -4.84. The Kier molecular flexibility index (Phi) is 8.18. The lowest BCUT2D eigenvalue weighted by Gasteiger charge is -2.34. The number of thiazole rings is 1. The molecule has 4 N–H and O–H groups in total. The molecule has 2 aromatic rings. The first-order valence-corrected chi connectivity index (χ1v) is 12.3. The number of β-amino-alcohol motifs (C(OH)–C–C–N with tert-alkyl or cyclic N) is 1. The molecular formula is C24H29F3N4O5S. The summed E-state index contributed by atoms with van der Waals surface area (Å²) >= 11 is 1.36. The number of hydrogen-bond donors (Lipinski definition) is 3. The number of benzene rings is 1. The lowest BCUT2D eigenvalue weighted by atomic mass is 9.88. The van der Waals surface area contributed by atoms with Gasteiger partial charge in [0.25, 0.3) is 5.91 Å². The molecule has 0 bridgehead atoms. The Morgan fingerprint density at radius 1 is 1.22 bits per heavy atom. The van der Waals surface area contributed by atoms with E-state index in [1.165, 1.54) is 35.6 Å². The normalized spacial score (nSPS) is 19.8. The molecule has 0 radical (unpaired) electrons. The highest BCUT2D eigenvalue weighted by Gasteiger charge is 2.48. The van der Waals surface area contributed by atoms with Crippen molar-refractivity contribution in [3.63, 3.8) is 0 Å². The van der Waals surface area contributed by atoms with Crippen molar-refractivity contribution in [3.8, 4) is 10.4 Å². The van der Waals surface area contributed by atoms with Crippen molar-refractivity contribution in [1.82, 2.24) is 15.2 Å². The monoisotopic (exact) mass is 542 g/mol. The summed E-state index contributed by atoms with van der Waals surface area (Å²) in [6.07, 6.45) is -8.90. The van der Waals surface area contributed by atoms with E-state index in [9.17, 15) is 32.7 Å². The van der Waals surface area contributed by atoms with Crippen LogP contribution in [-0.2, 0) is 14.3 Å². The Balaban J connectivity index is 1.85. The predicted molar refractivity (Wildman–Crippen MR) is 129 cm³/mol. The zero-order valence-corrected chi connectivity index (χ0v) is 21.5. The number of aromatic nitrogens is 1. The Morgan fingerprint density at radius 2 is 1.84 bits per heavy atom. The van der Waals surface area contributed by atoms with Crippen LogP contribution in [0.2, 0.25) is 0 Å². The van der Waals surface area contributed by atoms with E-state index in [1.807, 2.05) is 5.32 Å². The molecule has 37 heavy (non-hydrogen) atoms. The third-order valence-corrected chi connectivity index (χ3v) is 6.95. The number of aliphatic hydroxyl groups is 1. The number of aliphatic hydroxyl groups excluding tert-OH is 1. The van der Waals surface area contributed by atoms with Crippen molar-refractivity contribution in [2.24, 2.45) is 11.1 Å². The van der Waals surface area contributed by atoms with Crippen molar-refractivity contribution >= 4 is 29.2 Å². The van der Waals surface area contributed by atoms with Gasteiger partial charge in [-0.1, -0.05) is 45.0 Å². The van der Waals surface area contributed by atoms with Gasteiger partial charge in [0.2, 0.25) is 5.91 Å². The van der Waals surface area contributed by atoms with Gasteiger partial charge in [0.05, 0.1) is 22.2 Å². The second-order valence-electron chi connectivity index (χ2n) is 9.95. The van der Waals surface area contributed by atoms with Crippen molar-refractivity contribution in [2.45, 2.75) is 64.6 Å². The number of aryl methyl sites for hydroxylation is 1. The highest BCUT2D eigenvalue weighted by atomic mass is 32.1. The fourth-order valence-electron chi connectivity index (χ4n) is 4.17. The summed E-state index contributed by atoms with van der Waals surface area (Å²) < 4.78 is 47.0. The number of carbonyl (C=O) groups is 3. The van der Waals surface area contributed by atoms with Gasteiger partial charge in [0.1, 0.15) is 6.04 Å².